The van der Waals surface area contributed by atoms with Crippen molar-refractivity contribution in [1.29, 1.82) is 0 Å². The van der Waals surface area contributed by atoms with E-state index >= 15 is 0 Å². The van der Waals surface area contributed by atoms with Crippen LogP contribution in [-0.4, -0.2) is 32.3 Å². The van der Waals surface area contributed by atoms with Crippen LogP contribution < -0.4 is 0 Å². The van der Waals surface area contributed by atoms with E-state index in [-0.39, 0.29) is 16.8 Å². The molecule has 0 bridgehead atoms. The number of rotatable bonds is 3. The minimum Gasteiger partial charge on any atom is -0.339 e. The predicted octanol–water partition coefficient (Wildman–Crippen LogP) is 3.02. The van der Waals surface area contributed by atoms with Crippen molar-refractivity contribution >= 4 is 25.6 Å². The molecule has 1 amide bonds. The minimum absolute atomic E-state index is 0.0102. The van der Waals surface area contributed by atoms with E-state index in [0.29, 0.717) is 5.56 Å². The van der Waals surface area contributed by atoms with Crippen molar-refractivity contribution in [2.75, 3.05) is 7.05 Å². The standard InChI is InChI=1S/C14H18ClNO3S/c1-16(12-5-3-2-4-6-12)14(17)11-7-9-13(10-8-11)20(15,18)19/h7-10,12H,2-6H2,1H3. The summed E-state index contributed by atoms with van der Waals surface area (Å²) in [4.78, 5) is 14.1. The summed E-state index contributed by atoms with van der Waals surface area (Å²) in [6.07, 6.45) is 5.63. The molecule has 4 nitrogen and oxygen atoms in total. The maximum absolute atomic E-state index is 12.3. The van der Waals surface area contributed by atoms with Gasteiger partial charge in [0.25, 0.3) is 15.0 Å². The monoisotopic (exact) mass is 315 g/mol. The van der Waals surface area contributed by atoms with Crippen molar-refractivity contribution < 1.29 is 13.2 Å². The highest BCUT2D eigenvalue weighted by Gasteiger charge is 2.23. The van der Waals surface area contributed by atoms with Gasteiger partial charge in [0.2, 0.25) is 0 Å². The second kappa shape index (κ2) is 6.14. The fourth-order valence-corrected chi connectivity index (χ4v) is 3.37. The van der Waals surface area contributed by atoms with Crippen LogP contribution >= 0.6 is 10.7 Å². The van der Waals surface area contributed by atoms with Crippen molar-refractivity contribution in [3.05, 3.63) is 29.8 Å². The summed E-state index contributed by atoms with van der Waals surface area (Å²) >= 11 is 0. The minimum atomic E-state index is -3.74. The van der Waals surface area contributed by atoms with Gasteiger partial charge in [0.15, 0.2) is 0 Å². The van der Waals surface area contributed by atoms with Gasteiger partial charge in [-0.15, -0.1) is 0 Å². The van der Waals surface area contributed by atoms with Crippen molar-refractivity contribution in [3.63, 3.8) is 0 Å². The van der Waals surface area contributed by atoms with Gasteiger partial charge >= 0.3 is 0 Å². The highest BCUT2D eigenvalue weighted by atomic mass is 35.7. The first-order valence-electron chi connectivity index (χ1n) is 6.71. The van der Waals surface area contributed by atoms with Crippen LogP contribution in [0.1, 0.15) is 42.5 Å². The molecule has 110 valence electrons. The van der Waals surface area contributed by atoms with Crippen molar-refractivity contribution in [2.45, 2.75) is 43.0 Å². The van der Waals surface area contributed by atoms with E-state index in [9.17, 15) is 13.2 Å². The molecule has 0 atom stereocenters. The Morgan fingerprint density at radius 1 is 1.15 bits per heavy atom. The van der Waals surface area contributed by atoms with E-state index in [0.717, 1.165) is 25.7 Å². The Hall–Kier alpha value is -1.07. The van der Waals surface area contributed by atoms with Crippen LogP contribution in [0.2, 0.25) is 0 Å². The molecule has 20 heavy (non-hydrogen) atoms. The summed E-state index contributed by atoms with van der Waals surface area (Å²) in [5, 5.41) is 0. The van der Waals surface area contributed by atoms with E-state index < -0.39 is 9.05 Å². The van der Waals surface area contributed by atoms with E-state index in [1.165, 1.54) is 30.7 Å². The average Bonchev–Trinajstić information content (AvgIpc) is 2.46. The van der Waals surface area contributed by atoms with Gasteiger partial charge in [-0.1, -0.05) is 19.3 Å². The van der Waals surface area contributed by atoms with Crippen LogP contribution in [0.25, 0.3) is 0 Å². The average molecular weight is 316 g/mol. The topological polar surface area (TPSA) is 54.5 Å². The molecule has 0 spiro atoms. The summed E-state index contributed by atoms with van der Waals surface area (Å²) < 4.78 is 22.3. The lowest BCUT2D eigenvalue weighted by molar-refractivity contribution is 0.0696. The van der Waals surface area contributed by atoms with Crippen LogP contribution in [0.5, 0.6) is 0 Å². The summed E-state index contributed by atoms with van der Waals surface area (Å²) in [5.41, 5.74) is 0.488. The molecule has 0 radical (unpaired) electrons. The summed E-state index contributed by atoms with van der Waals surface area (Å²) in [7, 11) is 3.32. The highest BCUT2D eigenvalue weighted by molar-refractivity contribution is 8.13. The number of halogens is 1. The SMILES string of the molecule is CN(C(=O)c1ccc(S(=O)(=O)Cl)cc1)C1CCCCC1. The molecule has 0 saturated heterocycles. The maximum atomic E-state index is 12.3. The molecular weight excluding hydrogens is 298 g/mol. The summed E-state index contributed by atoms with van der Waals surface area (Å²) in [6, 6.07) is 6.04. The zero-order valence-electron chi connectivity index (χ0n) is 11.4. The predicted molar refractivity (Wildman–Crippen MR) is 78.4 cm³/mol. The van der Waals surface area contributed by atoms with Crippen molar-refractivity contribution in [1.82, 2.24) is 4.90 Å². The first kappa shape index (κ1) is 15.3. The van der Waals surface area contributed by atoms with E-state index in [1.54, 1.807) is 4.90 Å². The Labute approximate surface area is 124 Å². The normalized spacial score (nSPS) is 16.9. The van der Waals surface area contributed by atoms with Crippen LogP contribution in [0.3, 0.4) is 0 Å². The molecule has 1 fully saturated rings. The van der Waals surface area contributed by atoms with Gasteiger partial charge in [0.1, 0.15) is 0 Å². The Morgan fingerprint density at radius 3 is 2.20 bits per heavy atom. The molecule has 2 rings (SSSR count). The van der Waals surface area contributed by atoms with E-state index in [2.05, 4.69) is 0 Å². The Bertz CT molecular complexity index is 577. The van der Waals surface area contributed by atoms with Gasteiger partial charge in [0.05, 0.1) is 4.90 Å². The quantitative estimate of drug-likeness (QED) is 0.806. The highest BCUT2D eigenvalue weighted by Crippen LogP contribution is 2.23. The molecule has 1 saturated carbocycles. The molecule has 1 aliphatic rings. The number of carbonyl (C=O) groups is 1. The Kier molecular flexibility index (Phi) is 4.70. The Balaban J connectivity index is 2.12. The smallest absolute Gasteiger partial charge is 0.261 e. The fourth-order valence-electron chi connectivity index (χ4n) is 2.60. The Morgan fingerprint density at radius 2 is 1.70 bits per heavy atom. The largest absolute Gasteiger partial charge is 0.339 e. The van der Waals surface area contributed by atoms with Gasteiger partial charge in [-0.25, -0.2) is 8.42 Å². The lowest BCUT2D eigenvalue weighted by Crippen LogP contribution is -2.38. The molecule has 0 unspecified atom stereocenters. The second-order valence-corrected chi connectivity index (χ2v) is 7.74. The van der Waals surface area contributed by atoms with Crippen LogP contribution in [0.15, 0.2) is 29.2 Å². The van der Waals surface area contributed by atoms with Crippen LogP contribution in [0, 0.1) is 0 Å². The van der Waals surface area contributed by atoms with Crippen molar-refractivity contribution in [2.24, 2.45) is 0 Å². The number of carbonyl (C=O) groups excluding carboxylic acids is 1. The third-order valence-corrected chi connectivity index (χ3v) is 5.20. The third kappa shape index (κ3) is 3.52. The maximum Gasteiger partial charge on any atom is 0.261 e. The van der Waals surface area contributed by atoms with Gasteiger partial charge in [0, 0.05) is 29.3 Å². The molecule has 0 heterocycles. The molecular formula is C14H18ClNO3S. The number of benzene rings is 1. The number of amides is 1. The van der Waals surface area contributed by atoms with Gasteiger partial charge in [-0.05, 0) is 37.1 Å². The molecule has 1 aliphatic carbocycles. The first-order valence-corrected chi connectivity index (χ1v) is 9.02. The molecule has 0 N–H and O–H groups in total. The van der Waals surface area contributed by atoms with Crippen LogP contribution in [0.4, 0.5) is 0 Å². The lowest BCUT2D eigenvalue weighted by atomic mass is 9.94. The van der Waals surface area contributed by atoms with Crippen molar-refractivity contribution in [3.8, 4) is 0 Å². The molecule has 6 heteroatoms. The van der Waals surface area contributed by atoms with Gasteiger partial charge in [-0.2, -0.15) is 0 Å². The third-order valence-electron chi connectivity index (χ3n) is 3.83. The first-order chi connectivity index (χ1) is 9.39. The molecule has 1 aromatic carbocycles. The lowest BCUT2D eigenvalue weighted by Gasteiger charge is -2.31. The van der Waals surface area contributed by atoms with E-state index in [1.807, 2.05) is 7.05 Å². The second-order valence-electron chi connectivity index (χ2n) is 5.17. The number of hydrogen-bond donors (Lipinski definition) is 0. The number of hydrogen-bond acceptors (Lipinski definition) is 3. The van der Waals surface area contributed by atoms with Gasteiger partial charge in [-0.3, -0.25) is 4.79 Å². The van der Waals surface area contributed by atoms with E-state index in [4.69, 9.17) is 10.7 Å². The summed E-state index contributed by atoms with van der Waals surface area (Å²) in [5.74, 6) is -0.0737. The molecule has 1 aromatic rings. The zero-order chi connectivity index (χ0) is 14.8. The van der Waals surface area contributed by atoms with Crippen LogP contribution in [-0.2, 0) is 9.05 Å². The van der Waals surface area contributed by atoms with Gasteiger partial charge < -0.3 is 4.90 Å². The molecule has 0 aromatic heterocycles. The number of nitrogens with zero attached hydrogens (tertiary/aromatic N) is 1. The zero-order valence-corrected chi connectivity index (χ0v) is 13.0. The summed E-state index contributed by atoms with van der Waals surface area (Å²) in [6.45, 7) is 0. The molecule has 0 aliphatic heterocycles. The fraction of sp³-hybridized carbons (Fsp3) is 0.500.